The summed E-state index contributed by atoms with van der Waals surface area (Å²) in [6, 6.07) is 6.13. The molecule has 14 heteroatoms. The number of halogens is 1. The third-order valence-corrected chi connectivity index (χ3v) is 8.33. The number of carbonyl (C=O) groups excluding carboxylic acids is 1. The number of benzene rings is 1. The van der Waals surface area contributed by atoms with Crippen molar-refractivity contribution in [2.45, 2.75) is 45.2 Å². The summed E-state index contributed by atoms with van der Waals surface area (Å²) in [5.41, 5.74) is 6.97. The first-order chi connectivity index (χ1) is 18.1. The Hall–Kier alpha value is -2.73. The van der Waals surface area contributed by atoms with Crippen molar-refractivity contribution in [3.63, 3.8) is 0 Å². The fourth-order valence-corrected chi connectivity index (χ4v) is 6.16. The molecule has 12 nitrogen and oxygen atoms in total. The molecule has 1 saturated carbocycles. The lowest BCUT2D eigenvalue weighted by molar-refractivity contribution is -0.143. The Kier molecular flexibility index (Phi) is 8.92. The Morgan fingerprint density at radius 1 is 1.24 bits per heavy atom. The molecule has 2 aromatic heterocycles. The first-order valence-corrected chi connectivity index (χ1v) is 14.5. The molecule has 2 atom stereocenters. The quantitative estimate of drug-likeness (QED) is 0.220. The van der Waals surface area contributed by atoms with Crippen molar-refractivity contribution in [1.82, 2.24) is 24.6 Å². The molecule has 1 fully saturated rings. The Morgan fingerprint density at radius 3 is 2.58 bits per heavy atom. The van der Waals surface area contributed by atoms with E-state index in [9.17, 15) is 9.36 Å². The van der Waals surface area contributed by atoms with Crippen LogP contribution in [0.1, 0.15) is 39.2 Å². The van der Waals surface area contributed by atoms with Gasteiger partial charge in [-0.3, -0.25) is 9.32 Å². The van der Waals surface area contributed by atoms with Crippen LogP contribution in [0.4, 0.5) is 5.95 Å². The van der Waals surface area contributed by atoms with Gasteiger partial charge >= 0.3 is 13.7 Å². The van der Waals surface area contributed by atoms with Gasteiger partial charge in [-0.1, -0.05) is 29.8 Å². The molecule has 0 bridgehead atoms. The van der Waals surface area contributed by atoms with E-state index in [2.05, 4.69) is 36.0 Å². The van der Waals surface area contributed by atoms with Crippen molar-refractivity contribution in [1.29, 1.82) is 0 Å². The number of ether oxygens (including phenoxy) is 2. The Labute approximate surface area is 229 Å². The van der Waals surface area contributed by atoms with Gasteiger partial charge < -0.3 is 24.3 Å². The van der Waals surface area contributed by atoms with E-state index in [-0.39, 0.29) is 30.4 Å². The standard InChI is InChI=1S/C24H32BrN6O6P/c1-14(2)9-19(23(32)35-4)30-38(33,37-18-7-5-16(25)6-8-18)36-12-15-10-17(11-15)31-13-27-20-21(31)28-24(26)29-22(20)34-3/h5-8,13-15,17,19H,9-12H2,1-4H3,(H,30,33)(H2,26,28,29)/t15-,17+,19-,38?/m0/s1. The summed E-state index contributed by atoms with van der Waals surface area (Å²) in [6.45, 7) is 4.09. The summed E-state index contributed by atoms with van der Waals surface area (Å²) in [4.78, 5) is 25.2. The van der Waals surface area contributed by atoms with Gasteiger partial charge in [0.1, 0.15) is 11.8 Å². The van der Waals surface area contributed by atoms with Crippen LogP contribution in [0, 0.1) is 11.8 Å². The second-order valence-corrected chi connectivity index (χ2v) is 12.2. The van der Waals surface area contributed by atoms with Crippen LogP contribution < -0.4 is 20.1 Å². The molecule has 3 N–H and O–H groups in total. The average molecular weight is 611 g/mol. The summed E-state index contributed by atoms with van der Waals surface area (Å²) in [6.07, 6.45) is 3.57. The lowest BCUT2D eigenvalue weighted by Gasteiger charge is -2.36. The van der Waals surface area contributed by atoms with E-state index in [1.54, 1.807) is 30.6 Å². The molecule has 2 heterocycles. The van der Waals surface area contributed by atoms with Gasteiger partial charge in [-0.25, -0.2) is 9.55 Å². The highest BCUT2D eigenvalue weighted by molar-refractivity contribution is 9.10. The zero-order valence-corrected chi connectivity index (χ0v) is 24.1. The second kappa shape index (κ2) is 12.0. The lowest BCUT2D eigenvalue weighted by atomic mass is 9.81. The molecule has 38 heavy (non-hydrogen) atoms. The molecule has 1 aliphatic rings. The molecule has 4 rings (SSSR count). The Morgan fingerprint density at radius 2 is 1.95 bits per heavy atom. The molecule has 0 aliphatic heterocycles. The maximum Gasteiger partial charge on any atom is 0.459 e. The van der Waals surface area contributed by atoms with Crippen LogP contribution >= 0.6 is 23.7 Å². The number of anilines is 1. The van der Waals surface area contributed by atoms with E-state index in [0.717, 1.165) is 17.3 Å². The number of imidazole rings is 1. The van der Waals surface area contributed by atoms with E-state index >= 15 is 0 Å². The summed E-state index contributed by atoms with van der Waals surface area (Å²) in [5.74, 6) is 0.484. The van der Waals surface area contributed by atoms with Crippen molar-refractivity contribution in [3.05, 3.63) is 35.1 Å². The number of nitrogen functional groups attached to an aromatic ring is 1. The summed E-state index contributed by atoms with van der Waals surface area (Å²) in [5, 5.41) is 2.83. The van der Waals surface area contributed by atoms with E-state index < -0.39 is 19.8 Å². The maximum atomic E-state index is 13.9. The van der Waals surface area contributed by atoms with Crippen LogP contribution in [0.2, 0.25) is 0 Å². The number of nitrogens with zero attached hydrogens (tertiary/aromatic N) is 4. The average Bonchev–Trinajstić information content (AvgIpc) is 3.26. The molecule has 3 aromatic rings. The van der Waals surface area contributed by atoms with E-state index in [1.165, 1.54) is 14.2 Å². The largest absolute Gasteiger partial charge is 0.479 e. The van der Waals surface area contributed by atoms with Crippen LogP contribution in [0.15, 0.2) is 35.1 Å². The maximum absolute atomic E-state index is 13.9. The van der Waals surface area contributed by atoms with Crippen molar-refractivity contribution in [2.24, 2.45) is 11.8 Å². The molecule has 0 amide bonds. The Bertz CT molecular complexity index is 1310. The minimum atomic E-state index is -3.94. The number of esters is 1. The number of hydrogen-bond donors (Lipinski definition) is 2. The normalized spacial score (nSPS) is 19.5. The predicted octanol–water partition coefficient (Wildman–Crippen LogP) is 4.51. The molecule has 0 spiro atoms. The number of aromatic nitrogens is 4. The number of rotatable bonds is 12. The molecule has 206 valence electrons. The second-order valence-electron chi connectivity index (χ2n) is 9.58. The van der Waals surface area contributed by atoms with Crippen LogP contribution in [0.25, 0.3) is 11.2 Å². The van der Waals surface area contributed by atoms with Crippen LogP contribution in [0.5, 0.6) is 11.6 Å². The predicted molar refractivity (Wildman–Crippen MR) is 145 cm³/mol. The van der Waals surface area contributed by atoms with Crippen molar-refractivity contribution in [3.8, 4) is 11.6 Å². The first-order valence-electron chi connectivity index (χ1n) is 12.2. The zero-order valence-electron chi connectivity index (χ0n) is 21.7. The number of hydrogen-bond acceptors (Lipinski definition) is 10. The number of nitrogens with one attached hydrogen (secondary N) is 1. The van der Waals surface area contributed by atoms with Crippen molar-refractivity contribution >= 4 is 46.8 Å². The van der Waals surface area contributed by atoms with Gasteiger partial charge in [0, 0.05) is 10.5 Å². The first kappa shape index (κ1) is 28.3. The van der Waals surface area contributed by atoms with E-state index in [1.807, 2.05) is 18.4 Å². The lowest BCUT2D eigenvalue weighted by Crippen LogP contribution is -2.39. The van der Waals surface area contributed by atoms with Gasteiger partial charge in [-0.2, -0.15) is 15.1 Å². The zero-order chi connectivity index (χ0) is 27.4. The highest BCUT2D eigenvalue weighted by atomic mass is 79.9. The minimum Gasteiger partial charge on any atom is -0.479 e. The summed E-state index contributed by atoms with van der Waals surface area (Å²) in [7, 11) is -1.15. The smallest absolute Gasteiger partial charge is 0.459 e. The van der Waals surface area contributed by atoms with Crippen molar-refractivity contribution < 1.29 is 27.9 Å². The van der Waals surface area contributed by atoms with Gasteiger partial charge in [0.2, 0.25) is 11.8 Å². The molecule has 1 aromatic carbocycles. The molecule has 0 saturated heterocycles. The Balaban J connectivity index is 1.45. The van der Waals surface area contributed by atoms with Gasteiger partial charge in [-0.05, 0) is 55.4 Å². The SMILES string of the molecule is COC(=O)[C@H](CC(C)C)NP(=O)(OC[C@H]1C[C@@H](n2cnc3c(OC)nc(N)nc32)C1)Oc1ccc(Br)cc1. The molecule has 1 unspecified atom stereocenters. The van der Waals surface area contributed by atoms with Crippen LogP contribution in [-0.4, -0.2) is 52.4 Å². The monoisotopic (exact) mass is 610 g/mol. The highest BCUT2D eigenvalue weighted by Crippen LogP contribution is 2.48. The molecular weight excluding hydrogens is 579 g/mol. The van der Waals surface area contributed by atoms with Gasteiger partial charge in [0.15, 0.2) is 11.2 Å². The van der Waals surface area contributed by atoms with Crippen LogP contribution in [0.3, 0.4) is 0 Å². The topological polar surface area (TPSA) is 153 Å². The summed E-state index contributed by atoms with van der Waals surface area (Å²) >= 11 is 3.38. The fourth-order valence-electron chi connectivity index (χ4n) is 4.31. The van der Waals surface area contributed by atoms with E-state index in [0.29, 0.717) is 29.2 Å². The molecular formula is C24H32BrN6O6P. The third-order valence-electron chi connectivity index (χ3n) is 6.23. The van der Waals surface area contributed by atoms with Gasteiger partial charge in [0.05, 0.1) is 27.2 Å². The minimum absolute atomic E-state index is 0.101. The van der Waals surface area contributed by atoms with Crippen molar-refractivity contribution in [2.75, 3.05) is 26.6 Å². The third kappa shape index (κ3) is 6.63. The fraction of sp³-hybridized carbons (Fsp3) is 0.500. The van der Waals surface area contributed by atoms with Crippen LogP contribution in [-0.2, 0) is 18.6 Å². The van der Waals surface area contributed by atoms with E-state index in [4.69, 9.17) is 24.3 Å². The molecule has 0 radical (unpaired) electrons. The number of fused-ring (bicyclic) bond motifs is 1. The molecule has 1 aliphatic carbocycles. The number of methoxy groups -OCH3 is 2. The highest BCUT2D eigenvalue weighted by Gasteiger charge is 2.38. The van der Waals surface area contributed by atoms with Gasteiger partial charge in [0.25, 0.3) is 0 Å². The number of carbonyl (C=O) groups is 1. The van der Waals surface area contributed by atoms with Gasteiger partial charge in [-0.15, -0.1) is 0 Å². The summed E-state index contributed by atoms with van der Waals surface area (Å²) < 4.78 is 38.6. The number of nitrogens with two attached hydrogens (primary N) is 1.